The van der Waals surface area contributed by atoms with Crippen LogP contribution in [0.25, 0.3) is 0 Å². The first kappa shape index (κ1) is 25.0. The molecule has 6 nitrogen and oxygen atoms in total. The van der Waals surface area contributed by atoms with Crippen molar-refractivity contribution in [2.75, 3.05) is 13.1 Å². The van der Waals surface area contributed by atoms with E-state index < -0.39 is 16.4 Å². The third kappa shape index (κ3) is 10.4. The number of nitrogens with two attached hydrogens (primary N) is 1. The van der Waals surface area contributed by atoms with E-state index >= 15 is 0 Å². The summed E-state index contributed by atoms with van der Waals surface area (Å²) in [6.45, 7) is 3.68. The summed E-state index contributed by atoms with van der Waals surface area (Å²) >= 11 is 5.95. The van der Waals surface area contributed by atoms with Gasteiger partial charge in [0.25, 0.3) is 0 Å². The van der Waals surface area contributed by atoms with E-state index in [0.29, 0.717) is 17.3 Å². The highest BCUT2D eigenvalue weighted by molar-refractivity contribution is 7.72. The number of hydrogen-bond acceptors (Lipinski definition) is 3. The summed E-state index contributed by atoms with van der Waals surface area (Å²) in [5.74, 6) is 6.60. The SMILES string of the molecule is CCCCCC#CCC(N1CCC(c2ccc(Cl)cc2)CC1)=S(=O)=O.NC(=O)O. The first-order valence-corrected chi connectivity index (χ1v) is 11.2. The molecule has 0 atom stereocenters. The van der Waals surface area contributed by atoms with Crippen molar-refractivity contribution in [3.8, 4) is 11.8 Å². The largest absolute Gasteiger partial charge is 0.465 e. The molecule has 0 radical (unpaired) electrons. The summed E-state index contributed by atoms with van der Waals surface area (Å²) in [4.78, 5) is 11.2. The number of hydrogen-bond donors (Lipinski definition) is 2. The van der Waals surface area contributed by atoms with E-state index in [1.807, 2.05) is 17.0 Å². The molecule has 0 aliphatic carbocycles. The van der Waals surface area contributed by atoms with Gasteiger partial charge in [-0.25, -0.2) is 4.79 Å². The second-order valence-electron chi connectivity index (χ2n) is 6.77. The van der Waals surface area contributed by atoms with Crippen molar-refractivity contribution >= 4 is 33.0 Å². The summed E-state index contributed by atoms with van der Waals surface area (Å²) in [5.41, 5.74) is 5.31. The third-order valence-electron chi connectivity index (χ3n) is 4.65. The Morgan fingerprint density at radius 2 is 1.79 bits per heavy atom. The molecule has 1 aliphatic rings. The molecule has 0 aromatic heterocycles. The van der Waals surface area contributed by atoms with Gasteiger partial charge >= 0.3 is 6.09 Å². The Kier molecular flexibility index (Phi) is 12.1. The molecule has 1 aliphatic heterocycles. The van der Waals surface area contributed by atoms with E-state index in [1.54, 1.807) is 0 Å². The molecule has 1 fully saturated rings. The summed E-state index contributed by atoms with van der Waals surface area (Å²) < 4.78 is 23.2. The maximum Gasteiger partial charge on any atom is 0.402 e. The van der Waals surface area contributed by atoms with Crippen LogP contribution in [0.3, 0.4) is 0 Å². The van der Waals surface area contributed by atoms with E-state index in [2.05, 4.69) is 36.6 Å². The molecule has 8 heteroatoms. The minimum absolute atomic E-state index is 0.327. The van der Waals surface area contributed by atoms with Crippen LogP contribution in [0.4, 0.5) is 4.79 Å². The van der Waals surface area contributed by atoms with Gasteiger partial charge in [-0.05, 0) is 42.9 Å². The second-order valence-corrected chi connectivity index (χ2v) is 8.14. The average molecular weight is 441 g/mol. The number of piperidine rings is 1. The van der Waals surface area contributed by atoms with Crippen LogP contribution < -0.4 is 5.73 Å². The molecule has 1 heterocycles. The molecule has 1 aromatic carbocycles. The van der Waals surface area contributed by atoms with Gasteiger partial charge in [-0.3, -0.25) is 4.90 Å². The number of amides is 1. The Morgan fingerprint density at radius 3 is 2.31 bits per heavy atom. The van der Waals surface area contributed by atoms with E-state index in [9.17, 15) is 8.42 Å². The van der Waals surface area contributed by atoms with E-state index in [-0.39, 0.29) is 0 Å². The molecule has 160 valence electrons. The molecule has 0 spiro atoms. The number of halogens is 1. The zero-order valence-corrected chi connectivity index (χ0v) is 18.3. The number of nitrogens with zero attached hydrogens (tertiary/aromatic N) is 1. The standard InChI is InChI=1S/C20H26ClNO2S.CH3NO2/c1-2-3-4-5-6-7-8-20(25(23)24)22-15-13-18(14-16-22)17-9-11-19(21)12-10-17;2-1(3)4/h9-12,18H,2-5,8,13-16H2,1H3;2H2,(H,3,4). The van der Waals surface area contributed by atoms with Crippen LogP contribution in [0, 0.1) is 11.8 Å². The zero-order chi connectivity index (χ0) is 21.6. The highest BCUT2D eigenvalue weighted by Crippen LogP contribution is 2.29. The van der Waals surface area contributed by atoms with Gasteiger partial charge in [-0.15, -0.1) is 5.92 Å². The summed E-state index contributed by atoms with van der Waals surface area (Å²) in [7, 11) is -2.20. The quantitative estimate of drug-likeness (QED) is 0.407. The van der Waals surface area contributed by atoms with Crippen molar-refractivity contribution in [3.05, 3.63) is 34.9 Å². The fraction of sp³-hybridized carbons (Fsp3) is 0.524. The van der Waals surface area contributed by atoms with Gasteiger partial charge in [0.1, 0.15) is 4.99 Å². The number of likely N-dealkylation sites (tertiary alicyclic amines) is 1. The van der Waals surface area contributed by atoms with Gasteiger partial charge in [0.05, 0.1) is 6.42 Å². The molecular weight excluding hydrogens is 412 g/mol. The van der Waals surface area contributed by atoms with Crippen molar-refractivity contribution in [2.24, 2.45) is 5.73 Å². The maximum atomic E-state index is 11.6. The van der Waals surface area contributed by atoms with Gasteiger partial charge < -0.3 is 10.8 Å². The Morgan fingerprint density at radius 1 is 1.21 bits per heavy atom. The van der Waals surface area contributed by atoms with E-state index in [4.69, 9.17) is 21.5 Å². The van der Waals surface area contributed by atoms with Crippen molar-refractivity contribution in [1.82, 2.24) is 4.90 Å². The summed E-state index contributed by atoms with van der Waals surface area (Å²) in [6, 6.07) is 7.98. The molecule has 1 aromatic rings. The Labute approximate surface area is 179 Å². The first-order valence-electron chi connectivity index (χ1n) is 9.74. The maximum absolute atomic E-state index is 11.6. The Balaban J connectivity index is 0.000000960. The van der Waals surface area contributed by atoms with Crippen LogP contribution >= 0.6 is 11.6 Å². The van der Waals surface area contributed by atoms with E-state index in [0.717, 1.165) is 43.8 Å². The van der Waals surface area contributed by atoms with Crippen LogP contribution in [0.15, 0.2) is 24.3 Å². The monoisotopic (exact) mass is 440 g/mol. The molecule has 2 rings (SSSR count). The lowest BCUT2D eigenvalue weighted by molar-refractivity contribution is 0.205. The normalized spacial score (nSPS) is 14.1. The number of primary amides is 1. The van der Waals surface area contributed by atoms with Crippen LogP contribution in [0.1, 0.15) is 63.4 Å². The number of carbonyl (C=O) groups is 1. The minimum atomic E-state index is -2.20. The van der Waals surface area contributed by atoms with Crippen molar-refractivity contribution < 1.29 is 18.3 Å². The number of unbranched alkanes of at least 4 members (excludes halogenated alkanes) is 3. The Bertz CT molecular complexity index is 822. The van der Waals surface area contributed by atoms with Crippen molar-refractivity contribution in [2.45, 2.75) is 57.8 Å². The van der Waals surface area contributed by atoms with Gasteiger partial charge in [0.15, 0.2) is 0 Å². The van der Waals surface area contributed by atoms with Crippen LogP contribution in [-0.2, 0) is 10.3 Å². The summed E-state index contributed by atoms with van der Waals surface area (Å²) in [5, 5.41) is 7.94. The van der Waals surface area contributed by atoms with E-state index in [1.165, 1.54) is 18.4 Å². The van der Waals surface area contributed by atoms with Crippen LogP contribution in [-0.4, -0.2) is 42.6 Å². The minimum Gasteiger partial charge on any atom is -0.465 e. The highest BCUT2D eigenvalue weighted by Gasteiger charge is 2.23. The van der Waals surface area contributed by atoms with Crippen molar-refractivity contribution in [3.63, 3.8) is 0 Å². The molecule has 0 bridgehead atoms. The molecule has 29 heavy (non-hydrogen) atoms. The zero-order valence-electron chi connectivity index (χ0n) is 16.7. The van der Waals surface area contributed by atoms with Crippen LogP contribution in [0.5, 0.6) is 0 Å². The molecule has 0 saturated carbocycles. The molecule has 0 unspecified atom stereocenters. The second kappa shape index (κ2) is 14.0. The molecular formula is C21H29ClN2O4S. The van der Waals surface area contributed by atoms with Crippen molar-refractivity contribution in [1.29, 1.82) is 0 Å². The van der Waals surface area contributed by atoms with Gasteiger partial charge in [-0.1, -0.05) is 49.4 Å². The lowest BCUT2D eigenvalue weighted by Crippen LogP contribution is -2.38. The van der Waals surface area contributed by atoms with Crippen LogP contribution in [0.2, 0.25) is 5.02 Å². The predicted molar refractivity (Wildman–Crippen MR) is 118 cm³/mol. The molecule has 1 amide bonds. The number of rotatable bonds is 5. The summed E-state index contributed by atoms with van der Waals surface area (Å²) in [6.07, 6.45) is 5.19. The smallest absolute Gasteiger partial charge is 0.402 e. The molecule has 1 saturated heterocycles. The lowest BCUT2D eigenvalue weighted by atomic mass is 9.89. The number of carboxylic acid groups (broad SMARTS) is 1. The highest BCUT2D eigenvalue weighted by atomic mass is 35.5. The van der Waals surface area contributed by atoms with Gasteiger partial charge in [0.2, 0.25) is 10.3 Å². The number of benzene rings is 1. The first-order chi connectivity index (χ1) is 13.8. The fourth-order valence-corrected chi connectivity index (χ4v) is 3.87. The topological polar surface area (TPSA) is 101 Å². The average Bonchev–Trinajstić information content (AvgIpc) is 2.68. The predicted octanol–water partition coefficient (Wildman–Crippen LogP) is 4.13. The van der Waals surface area contributed by atoms with Gasteiger partial charge in [-0.2, -0.15) is 8.42 Å². The Hall–Kier alpha value is -2.01. The molecule has 3 N–H and O–H groups in total. The third-order valence-corrected chi connectivity index (χ3v) is 5.69. The lowest BCUT2D eigenvalue weighted by Gasteiger charge is -2.31. The van der Waals surface area contributed by atoms with Gasteiger partial charge in [0, 0.05) is 24.5 Å². The fourth-order valence-electron chi connectivity index (χ4n) is 3.16.